The third-order valence-electron chi connectivity index (χ3n) is 5.98. The Kier molecular flexibility index (Phi) is 15.1. The number of unbranched alkanes of at least 4 members (excludes halogenated alkanes) is 13. The summed E-state index contributed by atoms with van der Waals surface area (Å²) in [6.07, 6.45) is 20.4. The summed E-state index contributed by atoms with van der Waals surface area (Å²) < 4.78 is 5.47. The van der Waals surface area contributed by atoms with E-state index in [2.05, 4.69) is 25.3 Å². The van der Waals surface area contributed by atoms with Crippen molar-refractivity contribution in [3.05, 3.63) is 12.3 Å². The number of carbonyl (C=O) groups excluding carboxylic acids is 1. The van der Waals surface area contributed by atoms with Gasteiger partial charge >= 0.3 is 5.97 Å². The van der Waals surface area contributed by atoms with Gasteiger partial charge in [0.1, 0.15) is 0 Å². The lowest BCUT2D eigenvalue weighted by Crippen LogP contribution is -2.25. The first-order chi connectivity index (χ1) is 13.7. The van der Waals surface area contributed by atoms with E-state index in [0.717, 1.165) is 38.0 Å². The minimum Gasteiger partial charge on any atom is -0.465 e. The largest absolute Gasteiger partial charge is 0.465 e. The van der Waals surface area contributed by atoms with E-state index in [0.29, 0.717) is 6.61 Å². The maximum atomic E-state index is 12.2. The van der Waals surface area contributed by atoms with E-state index in [1.165, 1.54) is 83.5 Å². The molecule has 1 aliphatic heterocycles. The molecule has 1 heterocycles. The molecule has 0 N–H and O–H groups in total. The Morgan fingerprint density at radius 3 is 1.93 bits per heavy atom. The molecule has 1 aliphatic rings. The Morgan fingerprint density at radius 1 is 0.857 bits per heavy atom. The third kappa shape index (κ3) is 11.8. The van der Waals surface area contributed by atoms with Gasteiger partial charge in [0.25, 0.3) is 0 Å². The highest BCUT2D eigenvalue weighted by Gasteiger charge is 2.31. The molecule has 1 unspecified atom stereocenters. The number of carbonyl (C=O) groups is 1. The number of allylic oxidation sites excluding steroid dienone is 1. The summed E-state index contributed by atoms with van der Waals surface area (Å²) in [6, 6.07) is 0. The standard InChI is InChI=1S/C25H47NO2/c1-4-6-8-10-11-12-13-14-15-16-17-19-26-22-24(21-23(26)3)25(27)28-20-18-9-7-5-2/h24H,3-22H2,1-2H3. The number of esters is 1. The van der Waals surface area contributed by atoms with Crippen LogP contribution in [0.1, 0.15) is 117 Å². The summed E-state index contributed by atoms with van der Waals surface area (Å²) >= 11 is 0. The van der Waals surface area contributed by atoms with Gasteiger partial charge in [-0.1, -0.05) is 104 Å². The van der Waals surface area contributed by atoms with Gasteiger partial charge in [-0.25, -0.2) is 0 Å². The van der Waals surface area contributed by atoms with Crippen molar-refractivity contribution in [1.82, 2.24) is 4.90 Å². The molecule has 1 atom stereocenters. The second-order valence-corrected chi connectivity index (χ2v) is 8.68. The van der Waals surface area contributed by atoms with Crippen LogP contribution in [0.2, 0.25) is 0 Å². The van der Waals surface area contributed by atoms with Gasteiger partial charge < -0.3 is 9.64 Å². The summed E-state index contributed by atoms with van der Waals surface area (Å²) in [5.41, 5.74) is 1.13. The first-order valence-corrected chi connectivity index (χ1v) is 12.3. The van der Waals surface area contributed by atoms with Crippen molar-refractivity contribution >= 4 is 5.97 Å². The molecule has 1 rings (SSSR count). The molecular weight excluding hydrogens is 346 g/mol. The van der Waals surface area contributed by atoms with Crippen molar-refractivity contribution in [2.45, 2.75) is 117 Å². The number of hydrogen-bond acceptors (Lipinski definition) is 3. The highest BCUT2D eigenvalue weighted by atomic mass is 16.5. The molecule has 0 saturated carbocycles. The fourth-order valence-corrected chi connectivity index (χ4v) is 4.07. The van der Waals surface area contributed by atoms with Crippen LogP contribution < -0.4 is 0 Å². The van der Waals surface area contributed by atoms with E-state index in [4.69, 9.17) is 4.74 Å². The van der Waals surface area contributed by atoms with Gasteiger partial charge in [0.2, 0.25) is 0 Å². The predicted molar refractivity (Wildman–Crippen MR) is 120 cm³/mol. The highest BCUT2D eigenvalue weighted by Crippen LogP contribution is 2.26. The van der Waals surface area contributed by atoms with Crippen molar-refractivity contribution < 1.29 is 9.53 Å². The number of likely N-dealkylation sites (tertiary alicyclic amines) is 1. The average molecular weight is 394 g/mol. The van der Waals surface area contributed by atoms with Crippen molar-refractivity contribution in [2.24, 2.45) is 5.92 Å². The summed E-state index contributed by atoms with van der Waals surface area (Å²) in [7, 11) is 0. The van der Waals surface area contributed by atoms with Crippen LogP contribution in [0, 0.1) is 5.92 Å². The zero-order chi connectivity index (χ0) is 20.5. The molecule has 0 amide bonds. The highest BCUT2D eigenvalue weighted by molar-refractivity contribution is 5.73. The van der Waals surface area contributed by atoms with E-state index >= 15 is 0 Å². The third-order valence-corrected chi connectivity index (χ3v) is 5.98. The van der Waals surface area contributed by atoms with E-state index in [1.807, 2.05) is 0 Å². The molecule has 28 heavy (non-hydrogen) atoms. The molecule has 0 bridgehead atoms. The molecular formula is C25H47NO2. The van der Waals surface area contributed by atoms with Gasteiger partial charge in [-0.05, 0) is 12.8 Å². The fraction of sp³-hybridized carbons (Fsp3) is 0.880. The van der Waals surface area contributed by atoms with Crippen LogP contribution in [0.4, 0.5) is 0 Å². The van der Waals surface area contributed by atoms with E-state index in [-0.39, 0.29) is 11.9 Å². The molecule has 164 valence electrons. The Bertz CT molecular complexity index is 407. The number of nitrogens with zero attached hydrogens (tertiary/aromatic N) is 1. The van der Waals surface area contributed by atoms with Gasteiger partial charge in [0.15, 0.2) is 0 Å². The molecule has 0 aromatic heterocycles. The predicted octanol–water partition coefficient (Wildman–Crippen LogP) is 7.26. The maximum Gasteiger partial charge on any atom is 0.311 e. The summed E-state index contributed by atoms with van der Waals surface area (Å²) in [4.78, 5) is 14.6. The van der Waals surface area contributed by atoms with Crippen molar-refractivity contribution in [3.63, 3.8) is 0 Å². The Hall–Kier alpha value is -0.990. The van der Waals surface area contributed by atoms with Gasteiger partial charge in [-0.3, -0.25) is 4.79 Å². The smallest absolute Gasteiger partial charge is 0.311 e. The first-order valence-electron chi connectivity index (χ1n) is 12.3. The molecule has 0 radical (unpaired) electrons. The van der Waals surface area contributed by atoms with Crippen molar-refractivity contribution in [2.75, 3.05) is 19.7 Å². The molecule has 1 saturated heterocycles. The molecule has 3 nitrogen and oxygen atoms in total. The van der Waals surface area contributed by atoms with E-state index in [1.54, 1.807) is 0 Å². The molecule has 0 spiro atoms. The number of rotatable bonds is 18. The normalized spacial score (nSPS) is 16.7. The minimum absolute atomic E-state index is 0.00591. The van der Waals surface area contributed by atoms with Crippen LogP contribution in [0.5, 0.6) is 0 Å². The zero-order valence-electron chi connectivity index (χ0n) is 19.0. The van der Waals surface area contributed by atoms with Crippen LogP contribution in [0.25, 0.3) is 0 Å². The Morgan fingerprint density at radius 2 is 1.36 bits per heavy atom. The van der Waals surface area contributed by atoms with Crippen molar-refractivity contribution in [3.8, 4) is 0 Å². The van der Waals surface area contributed by atoms with Crippen LogP contribution in [-0.4, -0.2) is 30.6 Å². The first kappa shape index (κ1) is 25.0. The zero-order valence-corrected chi connectivity index (χ0v) is 19.0. The van der Waals surface area contributed by atoms with Crippen molar-refractivity contribution in [1.29, 1.82) is 0 Å². The molecule has 0 aromatic carbocycles. The minimum atomic E-state index is -0.0147. The Balaban J connectivity index is 1.99. The molecule has 0 aliphatic carbocycles. The summed E-state index contributed by atoms with van der Waals surface area (Å²) in [5.74, 6) is -0.00883. The fourth-order valence-electron chi connectivity index (χ4n) is 4.07. The van der Waals surface area contributed by atoms with Crippen LogP contribution in [-0.2, 0) is 9.53 Å². The maximum absolute atomic E-state index is 12.2. The lowest BCUT2D eigenvalue weighted by Gasteiger charge is -2.19. The number of hydrogen-bond donors (Lipinski definition) is 0. The van der Waals surface area contributed by atoms with Crippen LogP contribution in [0.3, 0.4) is 0 Å². The number of ether oxygens (including phenoxy) is 1. The second-order valence-electron chi connectivity index (χ2n) is 8.68. The SMILES string of the molecule is C=C1CC(C(=O)OCCCCCC)CN1CCCCCCCCCCCCC. The lowest BCUT2D eigenvalue weighted by atomic mass is 10.1. The Labute approximate surface area is 175 Å². The van der Waals surface area contributed by atoms with E-state index in [9.17, 15) is 4.79 Å². The lowest BCUT2D eigenvalue weighted by molar-refractivity contribution is -0.148. The monoisotopic (exact) mass is 393 g/mol. The summed E-state index contributed by atoms with van der Waals surface area (Å²) in [6.45, 7) is 11.1. The van der Waals surface area contributed by atoms with E-state index < -0.39 is 0 Å². The molecule has 3 heteroatoms. The van der Waals surface area contributed by atoms with Crippen LogP contribution >= 0.6 is 0 Å². The molecule has 1 fully saturated rings. The van der Waals surface area contributed by atoms with Gasteiger partial charge in [-0.15, -0.1) is 0 Å². The quantitative estimate of drug-likeness (QED) is 0.181. The van der Waals surface area contributed by atoms with Gasteiger partial charge in [0, 0.05) is 25.2 Å². The van der Waals surface area contributed by atoms with Gasteiger partial charge in [0.05, 0.1) is 12.5 Å². The van der Waals surface area contributed by atoms with Crippen LogP contribution in [0.15, 0.2) is 12.3 Å². The summed E-state index contributed by atoms with van der Waals surface area (Å²) in [5, 5.41) is 0. The second kappa shape index (κ2) is 16.9. The molecule has 0 aromatic rings. The topological polar surface area (TPSA) is 29.5 Å². The average Bonchev–Trinajstić information content (AvgIpc) is 3.06. The van der Waals surface area contributed by atoms with Gasteiger partial charge in [-0.2, -0.15) is 0 Å².